The molecule has 1 saturated carbocycles. The summed E-state index contributed by atoms with van der Waals surface area (Å²) in [5.74, 6) is 0.342. The number of nitrogens with one attached hydrogen (secondary N) is 3. The molecule has 6 nitrogen and oxygen atoms in total. The van der Waals surface area contributed by atoms with E-state index >= 15 is 0 Å². The molecule has 0 radical (unpaired) electrons. The minimum atomic E-state index is -0.159. The number of carbonyl (C=O) groups excluding carboxylic acids is 2. The average Bonchev–Trinajstić information content (AvgIpc) is 3.27. The van der Waals surface area contributed by atoms with Crippen LogP contribution < -0.4 is 16.0 Å². The molecule has 1 fully saturated rings. The highest BCUT2D eigenvalue weighted by molar-refractivity contribution is 5.80. The molecule has 0 aromatic rings. The number of nitrogens with zero attached hydrogens (tertiary/aromatic N) is 1. The summed E-state index contributed by atoms with van der Waals surface area (Å²) >= 11 is 0. The topological polar surface area (TPSA) is 73.5 Å². The Balaban J connectivity index is 1.88. The molecule has 1 aliphatic carbocycles. The van der Waals surface area contributed by atoms with Gasteiger partial charge in [-0.15, -0.1) is 0 Å². The molecule has 1 aliphatic rings. The van der Waals surface area contributed by atoms with Crippen molar-refractivity contribution in [1.82, 2.24) is 20.9 Å². The molecule has 3 amide bonds. The second-order valence-electron chi connectivity index (χ2n) is 6.03. The van der Waals surface area contributed by atoms with Crippen molar-refractivity contribution >= 4 is 11.9 Å². The van der Waals surface area contributed by atoms with E-state index in [2.05, 4.69) is 41.7 Å². The van der Waals surface area contributed by atoms with Gasteiger partial charge in [-0.05, 0) is 53.1 Å². The first kappa shape index (κ1) is 17.8. The Bertz CT molecular complexity index is 330. The monoisotopic (exact) mass is 298 g/mol. The summed E-state index contributed by atoms with van der Waals surface area (Å²) in [6.07, 6.45) is 4.06. The molecule has 21 heavy (non-hydrogen) atoms. The number of carbonyl (C=O) groups is 2. The minimum absolute atomic E-state index is 0.117. The zero-order valence-corrected chi connectivity index (χ0v) is 13.6. The normalized spacial score (nSPS) is 14.3. The smallest absolute Gasteiger partial charge is 0.314 e. The number of hydrogen-bond acceptors (Lipinski definition) is 3. The number of rotatable bonds is 10. The molecule has 0 saturated heterocycles. The highest BCUT2D eigenvalue weighted by Crippen LogP contribution is 2.28. The van der Waals surface area contributed by atoms with E-state index in [4.69, 9.17) is 0 Å². The fourth-order valence-electron chi connectivity index (χ4n) is 1.86. The van der Waals surface area contributed by atoms with Gasteiger partial charge in [0, 0.05) is 31.6 Å². The standard InChI is InChI=1S/C15H30N4O2/c1-12(2)19(3)11-5-4-8-17-15(21)18-10-9-16-14(20)13-6-7-13/h12-13H,4-11H2,1-3H3,(H,16,20)(H2,17,18,21). The van der Waals surface area contributed by atoms with Crippen LogP contribution in [0.4, 0.5) is 4.79 Å². The number of amides is 3. The Morgan fingerprint density at radius 2 is 1.67 bits per heavy atom. The Morgan fingerprint density at radius 3 is 2.29 bits per heavy atom. The van der Waals surface area contributed by atoms with E-state index in [9.17, 15) is 9.59 Å². The van der Waals surface area contributed by atoms with Gasteiger partial charge in [0.2, 0.25) is 5.91 Å². The summed E-state index contributed by atoms with van der Waals surface area (Å²) in [7, 11) is 2.11. The van der Waals surface area contributed by atoms with Crippen molar-refractivity contribution in [2.45, 2.75) is 45.6 Å². The van der Waals surface area contributed by atoms with Gasteiger partial charge >= 0.3 is 6.03 Å². The molecule has 0 spiro atoms. The minimum Gasteiger partial charge on any atom is -0.354 e. The van der Waals surface area contributed by atoms with Gasteiger partial charge in [-0.25, -0.2) is 4.79 Å². The predicted molar refractivity (Wildman–Crippen MR) is 84.1 cm³/mol. The van der Waals surface area contributed by atoms with Gasteiger partial charge in [0.15, 0.2) is 0 Å². The van der Waals surface area contributed by atoms with Crippen LogP contribution in [0.15, 0.2) is 0 Å². The molecule has 3 N–H and O–H groups in total. The Kier molecular flexibility index (Phi) is 8.12. The molecule has 0 aliphatic heterocycles. The van der Waals surface area contributed by atoms with E-state index in [0.29, 0.717) is 25.7 Å². The van der Waals surface area contributed by atoms with Gasteiger partial charge in [0.05, 0.1) is 0 Å². The molecule has 0 atom stereocenters. The van der Waals surface area contributed by atoms with E-state index in [1.807, 2.05) is 0 Å². The first-order valence-corrected chi connectivity index (χ1v) is 8.00. The van der Waals surface area contributed by atoms with Crippen molar-refractivity contribution in [1.29, 1.82) is 0 Å². The molecule has 6 heteroatoms. The van der Waals surface area contributed by atoms with Crippen molar-refractivity contribution in [2.75, 3.05) is 33.2 Å². The van der Waals surface area contributed by atoms with Crippen molar-refractivity contribution in [3.05, 3.63) is 0 Å². The SMILES string of the molecule is CC(C)N(C)CCCCNC(=O)NCCNC(=O)C1CC1. The van der Waals surface area contributed by atoms with Crippen LogP contribution in [0, 0.1) is 5.92 Å². The summed E-state index contributed by atoms with van der Waals surface area (Å²) in [6, 6.07) is 0.403. The van der Waals surface area contributed by atoms with E-state index in [0.717, 1.165) is 32.2 Å². The second-order valence-corrected chi connectivity index (χ2v) is 6.03. The molecule has 0 aromatic heterocycles. The van der Waals surface area contributed by atoms with Crippen LogP contribution in [0.25, 0.3) is 0 Å². The maximum absolute atomic E-state index is 11.5. The lowest BCUT2D eigenvalue weighted by Gasteiger charge is -2.20. The van der Waals surface area contributed by atoms with Crippen molar-refractivity contribution < 1.29 is 9.59 Å². The fraction of sp³-hybridized carbons (Fsp3) is 0.867. The van der Waals surface area contributed by atoms with Crippen molar-refractivity contribution in [3.63, 3.8) is 0 Å². The molecular weight excluding hydrogens is 268 g/mol. The third-order valence-corrected chi connectivity index (χ3v) is 3.76. The molecule has 1 rings (SSSR count). The molecule has 122 valence electrons. The van der Waals surface area contributed by atoms with E-state index in [-0.39, 0.29) is 17.9 Å². The molecule has 0 bridgehead atoms. The number of urea groups is 1. The average molecular weight is 298 g/mol. The summed E-state index contributed by atoms with van der Waals surface area (Å²) in [6.45, 7) is 7.06. The van der Waals surface area contributed by atoms with Crippen LogP contribution in [-0.2, 0) is 4.79 Å². The molecular formula is C15H30N4O2. The van der Waals surface area contributed by atoms with Gasteiger partial charge < -0.3 is 20.9 Å². The van der Waals surface area contributed by atoms with Gasteiger partial charge in [-0.1, -0.05) is 0 Å². The largest absolute Gasteiger partial charge is 0.354 e. The van der Waals surface area contributed by atoms with Crippen LogP contribution >= 0.6 is 0 Å². The Morgan fingerprint density at radius 1 is 1.05 bits per heavy atom. The first-order chi connectivity index (χ1) is 10.0. The van der Waals surface area contributed by atoms with Crippen LogP contribution in [0.1, 0.15) is 39.5 Å². The quantitative estimate of drug-likeness (QED) is 0.525. The van der Waals surface area contributed by atoms with Crippen LogP contribution in [-0.4, -0.2) is 56.1 Å². The lowest BCUT2D eigenvalue weighted by molar-refractivity contribution is -0.122. The highest BCUT2D eigenvalue weighted by atomic mass is 16.2. The predicted octanol–water partition coefficient (Wildman–Crippen LogP) is 0.932. The van der Waals surface area contributed by atoms with Crippen molar-refractivity contribution in [3.8, 4) is 0 Å². The lowest BCUT2D eigenvalue weighted by Crippen LogP contribution is -2.41. The van der Waals surface area contributed by atoms with Crippen LogP contribution in [0.2, 0.25) is 0 Å². The van der Waals surface area contributed by atoms with Gasteiger partial charge in [-0.2, -0.15) is 0 Å². The van der Waals surface area contributed by atoms with Gasteiger partial charge in [0.25, 0.3) is 0 Å². The summed E-state index contributed by atoms with van der Waals surface area (Å²) in [5.41, 5.74) is 0. The molecule has 0 heterocycles. The van der Waals surface area contributed by atoms with E-state index in [1.54, 1.807) is 0 Å². The summed E-state index contributed by atoms with van der Waals surface area (Å²) in [4.78, 5) is 25.1. The third kappa shape index (κ3) is 8.55. The van der Waals surface area contributed by atoms with E-state index in [1.165, 1.54) is 0 Å². The van der Waals surface area contributed by atoms with E-state index < -0.39 is 0 Å². The number of unbranched alkanes of at least 4 members (excludes halogenated alkanes) is 1. The highest BCUT2D eigenvalue weighted by Gasteiger charge is 2.28. The van der Waals surface area contributed by atoms with Gasteiger partial charge in [0.1, 0.15) is 0 Å². The maximum Gasteiger partial charge on any atom is 0.314 e. The lowest BCUT2D eigenvalue weighted by atomic mass is 10.2. The Hall–Kier alpha value is -1.30. The van der Waals surface area contributed by atoms with Crippen LogP contribution in [0.5, 0.6) is 0 Å². The van der Waals surface area contributed by atoms with Crippen LogP contribution in [0.3, 0.4) is 0 Å². The molecule has 0 aromatic carbocycles. The van der Waals surface area contributed by atoms with Crippen molar-refractivity contribution in [2.24, 2.45) is 5.92 Å². The summed E-state index contributed by atoms with van der Waals surface area (Å²) < 4.78 is 0. The number of hydrogen-bond donors (Lipinski definition) is 3. The maximum atomic E-state index is 11.5. The zero-order valence-electron chi connectivity index (χ0n) is 13.6. The van der Waals surface area contributed by atoms with Gasteiger partial charge in [-0.3, -0.25) is 4.79 Å². The third-order valence-electron chi connectivity index (χ3n) is 3.76. The fourth-order valence-corrected chi connectivity index (χ4v) is 1.86. The zero-order chi connectivity index (χ0) is 15.7. The molecule has 0 unspecified atom stereocenters. The summed E-state index contributed by atoms with van der Waals surface area (Å²) in [5, 5.41) is 8.38. The first-order valence-electron chi connectivity index (χ1n) is 8.00. The Labute approximate surface area is 128 Å². The second kappa shape index (κ2) is 9.60.